The number of pyridine rings is 1. The summed E-state index contributed by atoms with van der Waals surface area (Å²) in [5.41, 5.74) is 1.47. The lowest BCUT2D eigenvalue weighted by molar-refractivity contribution is -0.112. The van der Waals surface area contributed by atoms with Crippen molar-refractivity contribution in [2.75, 3.05) is 25.5 Å². The molecule has 178 valence electrons. The fourth-order valence-corrected chi connectivity index (χ4v) is 4.70. The largest absolute Gasteiger partial charge is 0.480 e. The second-order valence-corrected chi connectivity index (χ2v) is 9.04. The Morgan fingerprint density at radius 1 is 1.26 bits per heavy atom. The molecule has 35 heavy (non-hydrogen) atoms. The number of nitrogens with one attached hydrogen (secondary N) is 1. The first-order chi connectivity index (χ1) is 17.0. The lowest BCUT2D eigenvalue weighted by Gasteiger charge is -2.18. The summed E-state index contributed by atoms with van der Waals surface area (Å²) >= 11 is 1.17. The Balaban J connectivity index is 1.38. The van der Waals surface area contributed by atoms with Gasteiger partial charge in [0.25, 0.3) is 11.7 Å². The zero-order valence-electron chi connectivity index (χ0n) is 18.8. The van der Waals surface area contributed by atoms with Gasteiger partial charge in [0.15, 0.2) is 5.13 Å². The number of methoxy groups -OCH3 is 1. The van der Waals surface area contributed by atoms with Crippen LogP contribution in [0.2, 0.25) is 0 Å². The lowest BCUT2D eigenvalue weighted by atomic mass is 9.99. The van der Waals surface area contributed by atoms with E-state index < -0.39 is 11.7 Å². The quantitative estimate of drug-likeness (QED) is 0.308. The van der Waals surface area contributed by atoms with Gasteiger partial charge in [-0.2, -0.15) is 4.98 Å². The Labute approximate surface area is 203 Å². The van der Waals surface area contributed by atoms with Gasteiger partial charge in [0, 0.05) is 24.7 Å². The topological polar surface area (TPSA) is 128 Å². The molecule has 1 aromatic carbocycles. The van der Waals surface area contributed by atoms with E-state index in [1.165, 1.54) is 36.3 Å². The van der Waals surface area contributed by atoms with Crippen LogP contribution in [0.3, 0.4) is 0 Å². The molecule has 0 saturated carbocycles. The number of hydrogen-bond donors (Lipinski definition) is 1. The number of rotatable bonds is 7. The van der Waals surface area contributed by atoms with Gasteiger partial charge in [-0.3, -0.25) is 19.7 Å². The highest BCUT2D eigenvalue weighted by molar-refractivity contribution is 7.13. The zero-order valence-corrected chi connectivity index (χ0v) is 19.6. The van der Waals surface area contributed by atoms with Crippen molar-refractivity contribution in [2.24, 2.45) is 5.92 Å². The summed E-state index contributed by atoms with van der Waals surface area (Å²) in [4.78, 5) is 48.4. The Morgan fingerprint density at radius 3 is 2.83 bits per heavy atom. The van der Waals surface area contributed by atoms with E-state index >= 15 is 0 Å². The van der Waals surface area contributed by atoms with Crippen LogP contribution in [0, 0.1) is 5.92 Å². The monoisotopic (exact) mass is 491 g/mol. The van der Waals surface area contributed by atoms with Gasteiger partial charge in [0.2, 0.25) is 17.3 Å². The number of Topliss-reactive ketones (excluding diaryl/α,β-unsaturated/α-hetero) is 1. The summed E-state index contributed by atoms with van der Waals surface area (Å²) in [5, 5.41) is 8.30. The van der Waals surface area contributed by atoms with Crippen molar-refractivity contribution in [1.29, 1.82) is 0 Å². The van der Waals surface area contributed by atoms with Gasteiger partial charge in [0.05, 0.1) is 12.5 Å². The van der Waals surface area contributed by atoms with Crippen molar-refractivity contribution in [1.82, 2.24) is 20.0 Å². The van der Waals surface area contributed by atoms with Gasteiger partial charge in [-0.15, -0.1) is 11.3 Å². The van der Waals surface area contributed by atoms with Crippen molar-refractivity contribution in [3.05, 3.63) is 64.9 Å². The maximum atomic E-state index is 13.4. The lowest BCUT2D eigenvalue weighted by Crippen LogP contribution is -2.29. The summed E-state index contributed by atoms with van der Waals surface area (Å²) in [6.45, 7) is 1.20. The molecule has 1 aliphatic rings. The van der Waals surface area contributed by atoms with E-state index in [1.54, 1.807) is 10.3 Å². The molecular formula is C24H21N5O5S. The Kier molecular flexibility index (Phi) is 6.23. The Hall–Kier alpha value is -4.12. The predicted octanol–water partition coefficient (Wildman–Crippen LogP) is 3.21. The summed E-state index contributed by atoms with van der Waals surface area (Å²) in [6.07, 6.45) is 3.27. The maximum Gasteiger partial charge on any atom is 0.302 e. The van der Waals surface area contributed by atoms with Crippen LogP contribution in [-0.2, 0) is 11.2 Å². The minimum absolute atomic E-state index is 0.0622. The number of likely N-dealkylation sites (tertiary alicyclic amines) is 1. The van der Waals surface area contributed by atoms with Crippen LogP contribution in [-0.4, -0.2) is 57.8 Å². The van der Waals surface area contributed by atoms with Crippen molar-refractivity contribution in [2.45, 2.75) is 12.8 Å². The number of aromatic nitrogens is 3. The number of thiazole rings is 1. The third-order valence-electron chi connectivity index (χ3n) is 5.86. The molecule has 4 heterocycles. The number of ketones is 1. The number of benzene rings is 1. The van der Waals surface area contributed by atoms with E-state index in [1.807, 2.05) is 18.2 Å². The minimum atomic E-state index is -0.947. The summed E-state index contributed by atoms with van der Waals surface area (Å²) in [5.74, 6) is -2.03. The minimum Gasteiger partial charge on any atom is -0.480 e. The molecule has 0 spiro atoms. The number of ether oxygens (including phenoxy) is 1. The normalized spacial score (nSPS) is 15.3. The van der Waals surface area contributed by atoms with Gasteiger partial charge < -0.3 is 14.2 Å². The Bertz CT molecular complexity index is 1390. The third kappa shape index (κ3) is 4.62. The maximum absolute atomic E-state index is 13.4. The average Bonchev–Trinajstić information content (AvgIpc) is 3.64. The van der Waals surface area contributed by atoms with Gasteiger partial charge in [-0.1, -0.05) is 35.5 Å². The van der Waals surface area contributed by atoms with Crippen LogP contribution in [0.1, 0.15) is 32.9 Å². The molecule has 1 unspecified atom stereocenters. The number of carbonyl (C=O) groups is 3. The van der Waals surface area contributed by atoms with Crippen LogP contribution >= 0.6 is 11.3 Å². The molecule has 2 amide bonds. The zero-order chi connectivity index (χ0) is 24.4. The molecule has 0 bridgehead atoms. The van der Waals surface area contributed by atoms with Crippen LogP contribution in [0.25, 0.3) is 11.0 Å². The van der Waals surface area contributed by atoms with Crippen molar-refractivity contribution in [3.8, 4) is 5.88 Å². The first-order valence-electron chi connectivity index (χ1n) is 11.0. The predicted molar refractivity (Wildman–Crippen MR) is 128 cm³/mol. The van der Waals surface area contributed by atoms with Crippen molar-refractivity contribution < 1.29 is 23.6 Å². The molecule has 1 aliphatic heterocycles. The van der Waals surface area contributed by atoms with Gasteiger partial charge in [0.1, 0.15) is 5.56 Å². The average molecular weight is 492 g/mol. The second kappa shape index (κ2) is 9.63. The molecule has 10 nitrogen and oxygen atoms in total. The molecule has 0 aliphatic carbocycles. The first kappa shape index (κ1) is 22.7. The van der Waals surface area contributed by atoms with Gasteiger partial charge in [-0.05, 0) is 30.4 Å². The summed E-state index contributed by atoms with van der Waals surface area (Å²) in [7, 11) is 1.40. The first-order valence-corrected chi connectivity index (χ1v) is 11.8. The highest BCUT2D eigenvalue weighted by Gasteiger charge is 2.31. The van der Waals surface area contributed by atoms with Crippen LogP contribution in [0.4, 0.5) is 5.13 Å². The number of carbonyl (C=O) groups excluding carboxylic acids is 3. The van der Waals surface area contributed by atoms with E-state index in [4.69, 9.17) is 9.26 Å². The molecule has 1 fully saturated rings. The number of fused-ring (bicyclic) bond motifs is 1. The second-order valence-electron chi connectivity index (χ2n) is 8.14. The van der Waals surface area contributed by atoms with Gasteiger partial charge in [-0.25, -0.2) is 4.98 Å². The SMILES string of the molecule is COc1nc2noc(C(=O)C(=O)Nc3nccs3)c2cc1C(=O)N1CCC(Cc2ccccc2)C1. The molecule has 1 saturated heterocycles. The van der Waals surface area contributed by atoms with Gasteiger partial charge >= 0.3 is 5.91 Å². The smallest absolute Gasteiger partial charge is 0.302 e. The number of nitrogens with zero attached hydrogens (tertiary/aromatic N) is 4. The standard InChI is InChI=1S/C24H21N5O5S/c1-33-22-17(23(32)29-9-7-15(13-29)11-14-5-3-2-4-6-14)12-16-19(34-28-20(16)26-22)18(30)21(31)27-24-25-8-10-35-24/h2-6,8,10,12,15H,7,9,11,13H2,1H3,(H,25,27,31). The van der Waals surface area contributed by atoms with E-state index in [2.05, 4.69) is 32.6 Å². The molecule has 5 rings (SSSR count). The molecular weight excluding hydrogens is 470 g/mol. The van der Waals surface area contributed by atoms with Crippen LogP contribution < -0.4 is 10.1 Å². The third-order valence-corrected chi connectivity index (χ3v) is 6.55. The highest BCUT2D eigenvalue weighted by atomic mass is 32.1. The molecule has 11 heteroatoms. The van der Waals surface area contributed by atoms with E-state index in [0.29, 0.717) is 19.0 Å². The summed E-state index contributed by atoms with van der Waals surface area (Å²) in [6, 6.07) is 11.6. The number of anilines is 1. The molecule has 3 aromatic heterocycles. The molecule has 4 aromatic rings. The van der Waals surface area contributed by atoms with Crippen molar-refractivity contribution >= 4 is 45.1 Å². The van der Waals surface area contributed by atoms with Crippen LogP contribution in [0.5, 0.6) is 5.88 Å². The van der Waals surface area contributed by atoms with Crippen molar-refractivity contribution in [3.63, 3.8) is 0 Å². The fourth-order valence-electron chi connectivity index (χ4n) is 4.18. The molecule has 0 radical (unpaired) electrons. The molecule has 1 atom stereocenters. The van der Waals surface area contributed by atoms with Crippen LogP contribution in [0.15, 0.2) is 52.5 Å². The Morgan fingerprint density at radius 2 is 2.09 bits per heavy atom. The number of amides is 2. The summed E-state index contributed by atoms with van der Waals surface area (Å²) < 4.78 is 10.5. The molecule has 1 N–H and O–H groups in total. The highest BCUT2D eigenvalue weighted by Crippen LogP contribution is 2.29. The fraction of sp³-hybridized carbons (Fsp3) is 0.250. The number of hydrogen-bond acceptors (Lipinski definition) is 9. The van der Waals surface area contributed by atoms with E-state index in [-0.39, 0.29) is 39.3 Å². The van der Waals surface area contributed by atoms with E-state index in [0.717, 1.165) is 12.8 Å². The van der Waals surface area contributed by atoms with E-state index in [9.17, 15) is 14.4 Å².